The van der Waals surface area contributed by atoms with Crippen molar-refractivity contribution < 1.29 is 5.11 Å². The Morgan fingerprint density at radius 2 is 1.00 bits per heavy atom. The summed E-state index contributed by atoms with van der Waals surface area (Å²) in [4.78, 5) is 0. The Kier molecular flexibility index (Phi) is 2.21. The van der Waals surface area contributed by atoms with E-state index >= 15 is 0 Å². The number of hydrogen-bond donors (Lipinski definition) is 1. The van der Waals surface area contributed by atoms with Crippen LogP contribution in [-0.4, -0.2) is 5.11 Å². The summed E-state index contributed by atoms with van der Waals surface area (Å²) in [6.45, 7) is 6.33. The van der Waals surface area contributed by atoms with Gasteiger partial charge >= 0.3 is 0 Å². The molecule has 2 aromatic carbocycles. The van der Waals surface area contributed by atoms with Crippen LogP contribution in [0.5, 0.6) is 0 Å². The van der Waals surface area contributed by atoms with Crippen molar-refractivity contribution >= 4 is 0 Å². The molecule has 0 radical (unpaired) electrons. The van der Waals surface area contributed by atoms with Crippen molar-refractivity contribution in [2.75, 3.05) is 0 Å². The number of fused-ring (bicyclic) bond motifs is 2. The lowest BCUT2D eigenvalue weighted by atomic mass is 9.64. The molecule has 1 N–H and O–H groups in total. The molecular weight excluding hydrogens is 220 g/mol. The van der Waals surface area contributed by atoms with Crippen molar-refractivity contribution in [2.45, 2.75) is 31.8 Å². The van der Waals surface area contributed by atoms with Crippen molar-refractivity contribution in [3.8, 4) is 0 Å². The van der Waals surface area contributed by atoms with Gasteiger partial charge in [0.15, 0.2) is 0 Å². The van der Waals surface area contributed by atoms with Crippen LogP contribution in [0.25, 0.3) is 0 Å². The quantitative estimate of drug-likeness (QED) is 0.743. The average molecular weight is 238 g/mol. The van der Waals surface area contributed by atoms with Crippen LogP contribution in [-0.2, 0) is 11.0 Å². The fourth-order valence-electron chi connectivity index (χ4n) is 3.20. The van der Waals surface area contributed by atoms with Crippen molar-refractivity contribution in [2.24, 2.45) is 0 Å². The number of aliphatic hydroxyl groups is 1. The van der Waals surface area contributed by atoms with Gasteiger partial charge in [-0.2, -0.15) is 0 Å². The summed E-state index contributed by atoms with van der Waals surface area (Å²) in [7, 11) is 0. The van der Waals surface area contributed by atoms with Gasteiger partial charge < -0.3 is 5.11 Å². The third-order valence-electron chi connectivity index (χ3n) is 4.25. The van der Waals surface area contributed by atoms with Gasteiger partial charge in [-0.3, -0.25) is 0 Å². The highest BCUT2D eigenvalue weighted by Gasteiger charge is 2.42. The average Bonchev–Trinajstić information content (AvgIpc) is 2.37. The van der Waals surface area contributed by atoms with E-state index in [2.05, 4.69) is 26.0 Å². The molecule has 1 nitrogen and oxygen atoms in total. The second-order valence-corrected chi connectivity index (χ2v) is 5.79. The molecule has 3 rings (SSSR count). The van der Waals surface area contributed by atoms with E-state index in [4.69, 9.17) is 0 Å². The van der Waals surface area contributed by atoms with E-state index in [1.165, 1.54) is 11.1 Å². The van der Waals surface area contributed by atoms with Crippen LogP contribution in [0.3, 0.4) is 0 Å². The van der Waals surface area contributed by atoms with Gasteiger partial charge in [0.25, 0.3) is 0 Å². The van der Waals surface area contributed by atoms with E-state index in [-0.39, 0.29) is 5.41 Å². The third kappa shape index (κ3) is 1.31. The SMILES string of the molecule is CC1(C)c2ccccc2C(C)(O)c2ccccc21. The molecule has 1 aliphatic rings. The summed E-state index contributed by atoms with van der Waals surface area (Å²) < 4.78 is 0. The molecule has 0 heterocycles. The summed E-state index contributed by atoms with van der Waals surface area (Å²) in [5.74, 6) is 0. The summed E-state index contributed by atoms with van der Waals surface area (Å²) >= 11 is 0. The second kappa shape index (κ2) is 3.46. The number of benzene rings is 2. The lowest BCUT2D eigenvalue weighted by Crippen LogP contribution is -2.38. The summed E-state index contributed by atoms with van der Waals surface area (Å²) in [5, 5.41) is 10.9. The zero-order chi connectivity index (χ0) is 13.0. The molecule has 2 aromatic rings. The molecule has 0 aromatic heterocycles. The molecule has 0 saturated carbocycles. The van der Waals surface area contributed by atoms with Gasteiger partial charge in [0.1, 0.15) is 5.60 Å². The molecule has 0 saturated heterocycles. The molecule has 0 spiro atoms. The van der Waals surface area contributed by atoms with E-state index in [0.29, 0.717) is 0 Å². The van der Waals surface area contributed by atoms with Gasteiger partial charge in [-0.15, -0.1) is 0 Å². The molecule has 0 aliphatic heterocycles. The zero-order valence-corrected chi connectivity index (χ0v) is 11.1. The molecule has 0 unspecified atom stereocenters. The Hall–Kier alpha value is -1.60. The highest BCUT2D eigenvalue weighted by molar-refractivity contribution is 5.56. The first-order valence-electron chi connectivity index (χ1n) is 6.38. The lowest BCUT2D eigenvalue weighted by Gasteiger charge is -2.42. The normalized spacial score (nSPS) is 18.9. The smallest absolute Gasteiger partial charge is 0.112 e. The van der Waals surface area contributed by atoms with Crippen molar-refractivity contribution in [1.29, 1.82) is 0 Å². The molecule has 0 bridgehead atoms. The maximum atomic E-state index is 10.9. The summed E-state index contributed by atoms with van der Waals surface area (Å²) in [6, 6.07) is 16.4. The van der Waals surface area contributed by atoms with E-state index in [1.54, 1.807) is 0 Å². The van der Waals surface area contributed by atoms with Crippen LogP contribution in [0.1, 0.15) is 43.0 Å². The second-order valence-electron chi connectivity index (χ2n) is 5.79. The molecule has 0 fully saturated rings. The molecule has 0 amide bonds. The van der Waals surface area contributed by atoms with Crippen LogP contribution in [0, 0.1) is 0 Å². The van der Waals surface area contributed by atoms with Gasteiger partial charge in [0, 0.05) is 5.41 Å². The molecule has 18 heavy (non-hydrogen) atoms. The zero-order valence-electron chi connectivity index (χ0n) is 11.1. The van der Waals surface area contributed by atoms with E-state index in [1.807, 2.05) is 43.3 Å². The number of hydrogen-bond acceptors (Lipinski definition) is 1. The minimum atomic E-state index is -0.900. The molecule has 1 heteroatoms. The van der Waals surface area contributed by atoms with Gasteiger partial charge in [-0.05, 0) is 29.2 Å². The monoisotopic (exact) mass is 238 g/mol. The minimum absolute atomic E-state index is 0.0601. The third-order valence-corrected chi connectivity index (χ3v) is 4.25. The Morgan fingerprint density at radius 1 is 0.667 bits per heavy atom. The van der Waals surface area contributed by atoms with Gasteiger partial charge in [-0.1, -0.05) is 62.4 Å². The first-order valence-corrected chi connectivity index (χ1v) is 6.38. The van der Waals surface area contributed by atoms with Crippen LogP contribution < -0.4 is 0 Å². The van der Waals surface area contributed by atoms with Gasteiger partial charge in [0.05, 0.1) is 0 Å². The fourth-order valence-corrected chi connectivity index (χ4v) is 3.20. The van der Waals surface area contributed by atoms with Crippen LogP contribution in [0.2, 0.25) is 0 Å². The predicted octanol–water partition coefficient (Wildman–Crippen LogP) is 3.58. The maximum absolute atomic E-state index is 10.9. The van der Waals surface area contributed by atoms with Crippen molar-refractivity contribution in [3.05, 3.63) is 70.8 Å². The molecule has 92 valence electrons. The lowest BCUT2D eigenvalue weighted by molar-refractivity contribution is 0.0939. The maximum Gasteiger partial charge on any atom is 0.112 e. The van der Waals surface area contributed by atoms with Crippen LogP contribution >= 0.6 is 0 Å². The first-order chi connectivity index (χ1) is 8.45. The fraction of sp³-hybridized carbons (Fsp3) is 0.294. The molecule has 0 atom stereocenters. The van der Waals surface area contributed by atoms with E-state index < -0.39 is 5.60 Å². The molecular formula is C17H18O. The highest BCUT2D eigenvalue weighted by Crippen LogP contribution is 2.48. The predicted molar refractivity (Wildman–Crippen MR) is 73.7 cm³/mol. The van der Waals surface area contributed by atoms with E-state index in [9.17, 15) is 5.11 Å². The summed E-state index contributed by atoms with van der Waals surface area (Å²) in [6.07, 6.45) is 0. The standard InChI is InChI=1S/C17H18O/c1-16(2)12-8-4-6-10-14(12)17(3,18)15-11-7-5-9-13(15)16/h4-11,18H,1-3H3. The van der Waals surface area contributed by atoms with Crippen molar-refractivity contribution in [3.63, 3.8) is 0 Å². The molecule has 1 aliphatic carbocycles. The van der Waals surface area contributed by atoms with Gasteiger partial charge in [-0.25, -0.2) is 0 Å². The Balaban J connectivity index is 2.41. The topological polar surface area (TPSA) is 20.2 Å². The summed E-state index contributed by atoms with van der Waals surface area (Å²) in [5.41, 5.74) is 3.52. The van der Waals surface area contributed by atoms with Crippen molar-refractivity contribution in [1.82, 2.24) is 0 Å². The number of rotatable bonds is 0. The largest absolute Gasteiger partial charge is 0.381 e. The Morgan fingerprint density at radius 3 is 1.39 bits per heavy atom. The van der Waals surface area contributed by atoms with Crippen LogP contribution in [0.4, 0.5) is 0 Å². The minimum Gasteiger partial charge on any atom is -0.381 e. The van der Waals surface area contributed by atoms with E-state index in [0.717, 1.165) is 11.1 Å². The van der Waals surface area contributed by atoms with Crippen LogP contribution in [0.15, 0.2) is 48.5 Å². The highest BCUT2D eigenvalue weighted by atomic mass is 16.3. The Bertz CT molecular complexity index is 503. The Labute approximate surface area is 108 Å². The first kappa shape index (κ1) is 11.5. The van der Waals surface area contributed by atoms with Gasteiger partial charge in [0.2, 0.25) is 0 Å².